The Bertz CT molecular complexity index is 53.5. The van der Waals surface area contributed by atoms with E-state index in [4.69, 9.17) is 0 Å². The van der Waals surface area contributed by atoms with Crippen molar-refractivity contribution in [1.29, 1.82) is 0 Å². The van der Waals surface area contributed by atoms with Crippen molar-refractivity contribution < 1.29 is 0 Å². The lowest BCUT2D eigenvalue weighted by Crippen LogP contribution is -1.94. The Morgan fingerprint density at radius 3 is 0.500 bits per heavy atom. The number of rotatable bonds is 0. The second-order valence-electron chi connectivity index (χ2n) is 2.90. The molecule has 0 atom stereocenters. The molecule has 0 aromatic heterocycles. The van der Waals surface area contributed by atoms with Gasteiger partial charge >= 0.3 is 0 Å². The normalized spacial score (nSPS) is 20.6. The number of hydrogen-bond donors (Lipinski definition) is 0. The van der Waals surface area contributed by atoms with Gasteiger partial charge in [0.05, 0.1) is 0 Å². The molecule has 0 nitrogen and oxygen atoms in total. The van der Waals surface area contributed by atoms with Crippen molar-refractivity contribution >= 4 is 35.3 Å². The molecule has 0 aromatic carbocycles. The van der Waals surface area contributed by atoms with Gasteiger partial charge < -0.3 is 0 Å². The van der Waals surface area contributed by atoms with Crippen molar-refractivity contribution in [2.24, 2.45) is 0 Å². The lowest BCUT2D eigenvalue weighted by Gasteiger charge is -2.05. The highest BCUT2D eigenvalue weighted by Crippen LogP contribution is 2.15. The molecule has 3 aliphatic heterocycles. The first-order valence-corrected chi connectivity index (χ1v) is 8.20. The first kappa shape index (κ1) is 17.4. The molecule has 0 spiro atoms. The van der Waals surface area contributed by atoms with Gasteiger partial charge in [0.25, 0.3) is 0 Å². The molecule has 3 heteroatoms. The molecule has 3 saturated heterocycles. The molecule has 0 aromatic rings. The maximum Gasteiger partial charge on any atom is -0.00597 e. The van der Waals surface area contributed by atoms with Gasteiger partial charge in [0.15, 0.2) is 0 Å². The largest absolute Gasteiger partial charge is 0.162 e. The van der Waals surface area contributed by atoms with Crippen LogP contribution in [-0.2, 0) is 0 Å². The lowest BCUT2D eigenvalue weighted by atomic mass is 10.6. The van der Waals surface area contributed by atoms with Crippen molar-refractivity contribution in [2.75, 3.05) is 34.5 Å². The molecular weight excluding hydrogens is 228 g/mol. The summed E-state index contributed by atoms with van der Waals surface area (Å²) in [6, 6.07) is 0. The van der Waals surface area contributed by atoms with Gasteiger partial charge in [0.2, 0.25) is 0 Å². The Balaban J connectivity index is 0. The topological polar surface area (TPSA) is 0 Å². The van der Waals surface area contributed by atoms with Crippen LogP contribution in [0, 0.1) is 0 Å². The van der Waals surface area contributed by atoms with Crippen LogP contribution in [0.1, 0.15) is 34.1 Å². The van der Waals surface area contributed by atoms with Gasteiger partial charge in [-0.15, -0.1) is 0 Å². The average Bonchev–Trinajstić information content (AvgIpc) is 1.41. The summed E-state index contributed by atoms with van der Waals surface area (Å²) < 4.78 is 0. The third-order valence-electron chi connectivity index (χ3n) is 1.73. The maximum absolute atomic E-state index is 2.04. The summed E-state index contributed by atoms with van der Waals surface area (Å²) in [4.78, 5) is 0. The van der Waals surface area contributed by atoms with E-state index in [2.05, 4.69) is 0 Å². The molecule has 0 aliphatic carbocycles. The Kier molecular flexibility index (Phi) is 17.5. The summed E-state index contributed by atoms with van der Waals surface area (Å²) in [5.41, 5.74) is 0. The Labute approximate surface area is 104 Å². The van der Waals surface area contributed by atoms with Gasteiger partial charge in [-0.25, -0.2) is 0 Å². The maximum atomic E-state index is 2.04. The average molecular weight is 255 g/mol. The van der Waals surface area contributed by atoms with Gasteiger partial charge in [-0.05, 0) is 53.8 Å². The molecule has 0 saturated carbocycles. The molecule has 3 rings (SSSR count). The highest BCUT2D eigenvalue weighted by Gasteiger charge is 1.96. The van der Waals surface area contributed by atoms with Crippen LogP contribution in [0.15, 0.2) is 0 Å². The van der Waals surface area contributed by atoms with E-state index in [0.29, 0.717) is 0 Å². The van der Waals surface area contributed by atoms with Gasteiger partial charge in [0.1, 0.15) is 0 Å². The molecule has 0 radical (unpaired) electrons. The van der Waals surface area contributed by atoms with Crippen LogP contribution in [0.25, 0.3) is 0 Å². The van der Waals surface area contributed by atoms with Crippen LogP contribution >= 0.6 is 35.3 Å². The van der Waals surface area contributed by atoms with E-state index in [1.54, 1.807) is 0 Å². The van der Waals surface area contributed by atoms with Crippen molar-refractivity contribution in [3.8, 4) is 0 Å². The molecule has 0 amide bonds. The third-order valence-corrected chi connectivity index (χ3v) is 5.20. The molecule has 3 fully saturated rings. The second-order valence-corrected chi connectivity index (χ2v) is 6.57. The summed E-state index contributed by atoms with van der Waals surface area (Å²) in [5, 5.41) is 0. The minimum Gasteiger partial charge on any atom is -0.162 e. The number of thioether (sulfide) groups is 3. The lowest BCUT2D eigenvalue weighted by molar-refractivity contribution is 1.06. The Morgan fingerprint density at radius 1 is 0.429 bits per heavy atom. The fourth-order valence-electron chi connectivity index (χ4n) is 0.433. The Morgan fingerprint density at radius 2 is 0.500 bits per heavy atom. The highest BCUT2D eigenvalue weighted by atomic mass is 32.2. The fraction of sp³-hybridized carbons (Fsp3) is 1.00. The number of hydrogen-bond acceptors (Lipinski definition) is 3. The zero-order chi connectivity index (χ0) is 8.49. The quantitative estimate of drug-likeness (QED) is 0.618. The van der Waals surface area contributed by atoms with E-state index in [1.165, 1.54) is 53.8 Å². The van der Waals surface area contributed by atoms with Crippen molar-refractivity contribution in [3.05, 3.63) is 0 Å². The smallest absolute Gasteiger partial charge is 0.00597 e. The third kappa shape index (κ3) is 11.1. The SMILES string of the molecule is C.C.C1CSC1.C1CSC1.C1CSC1. The monoisotopic (exact) mass is 254 g/mol. The summed E-state index contributed by atoms with van der Waals surface area (Å²) in [7, 11) is 0. The molecule has 0 unspecified atom stereocenters. The summed E-state index contributed by atoms with van der Waals surface area (Å²) in [6.45, 7) is 0. The van der Waals surface area contributed by atoms with Gasteiger partial charge in [-0.3, -0.25) is 0 Å². The Hall–Kier alpha value is 1.05. The van der Waals surface area contributed by atoms with Gasteiger partial charge in [0, 0.05) is 0 Å². The van der Waals surface area contributed by atoms with Crippen molar-refractivity contribution in [1.82, 2.24) is 0 Å². The van der Waals surface area contributed by atoms with E-state index in [0.717, 1.165) is 0 Å². The van der Waals surface area contributed by atoms with Crippen LogP contribution < -0.4 is 0 Å². The second kappa shape index (κ2) is 14.1. The molecule has 3 heterocycles. The highest BCUT2D eigenvalue weighted by molar-refractivity contribution is 8.00. The minimum absolute atomic E-state index is 0. The van der Waals surface area contributed by atoms with Crippen LogP contribution in [0.3, 0.4) is 0 Å². The summed E-state index contributed by atoms with van der Waals surface area (Å²) in [6.07, 6.45) is 4.39. The van der Waals surface area contributed by atoms with Crippen molar-refractivity contribution in [2.45, 2.75) is 34.1 Å². The van der Waals surface area contributed by atoms with E-state index in [-0.39, 0.29) is 14.9 Å². The zero-order valence-electron chi connectivity index (χ0n) is 7.59. The standard InChI is InChI=1S/3C3H6S.2CH4/c3*1-2-4-3-1;;/h3*1-3H2;2*1H4. The molecule has 0 bridgehead atoms. The fourth-order valence-corrected chi connectivity index (χ4v) is 1.30. The molecule has 14 heavy (non-hydrogen) atoms. The minimum atomic E-state index is 0. The van der Waals surface area contributed by atoms with E-state index >= 15 is 0 Å². The molecular formula is C11H26S3. The summed E-state index contributed by atoms with van der Waals surface area (Å²) >= 11 is 6.11. The van der Waals surface area contributed by atoms with Gasteiger partial charge in [-0.1, -0.05) is 14.9 Å². The molecule has 3 aliphatic rings. The van der Waals surface area contributed by atoms with E-state index < -0.39 is 0 Å². The first-order chi connectivity index (χ1) is 6.00. The van der Waals surface area contributed by atoms with E-state index in [1.807, 2.05) is 35.3 Å². The van der Waals surface area contributed by atoms with Crippen LogP contribution in [0.2, 0.25) is 0 Å². The predicted octanol–water partition coefficient (Wildman–Crippen LogP) is 4.64. The van der Waals surface area contributed by atoms with Crippen LogP contribution in [-0.4, -0.2) is 34.5 Å². The van der Waals surface area contributed by atoms with Crippen molar-refractivity contribution in [3.63, 3.8) is 0 Å². The van der Waals surface area contributed by atoms with Crippen LogP contribution in [0.5, 0.6) is 0 Å². The van der Waals surface area contributed by atoms with Gasteiger partial charge in [-0.2, -0.15) is 35.3 Å². The molecule has 0 N–H and O–H groups in total. The summed E-state index contributed by atoms with van der Waals surface area (Å²) in [5.74, 6) is 8.50. The predicted molar refractivity (Wildman–Crippen MR) is 79.3 cm³/mol. The zero-order valence-corrected chi connectivity index (χ0v) is 10.0. The first-order valence-electron chi connectivity index (χ1n) is 4.73. The van der Waals surface area contributed by atoms with Crippen LogP contribution in [0.4, 0.5) is 0 Å². The molecule has 88 valence electrons. The van der Waals surface area contributed by atoms with E-state index in [9.17, 15) is 0 Å².